The maximum Gasteiger partial charge on any atom is 0.266 e. The predicted molar refractivity (Wildman–Crippen MR) is 102 cm³/mol. The minimum absolute atomic E-state index is 0.292. The van der Waals surface area contributed by atoms with Crippen LogP contribution < -0.4 is 5.73 Å². The number of hydrogen-bond acceptors (Lipinski definition) is 4. The van der Waals surface area contributed by atoms with Crippen LogP contribution in [0.15, 0.2) is 24.3 Å². The molecule has 1 aromatic rings. The van der Waals surface area contributed by atoms with E-state index < -0.39 is 28.0 Å². The second-order valence-electron chi connectivity index (χ2n) is 7.08. The van der Waals surface area contributed by atoms with Gasteiger partial charge in [0.15, 0.2) is 0 Å². The summed E-state index contributed by atoms with van der Waals surface area (Å²) < 4.78 is 31.0. The van der Waals surface area contributed by atoms with Crippen molar-refractivity contribution in [3.8, 4) is 0 Å². The van der Waals surface area contributed by atoms with Crippen molar-refractivity contribution in [1.29, 1.82) is 0 Å². The molecule has 0 aliphatic rings. The van der Waals surface area contributed by atoms with Crippen LogP contribution in [0.3, 0.4) is 0 Å². The Kier molecular flexibility index (Phi) is 9.64. The van der Waals surface area contributed by atoms with Crippen LogP contribution in [0, 0.1) is 0 Å². The largest absolute Gasteiger partial charge is 0.394 e. The van der Waals surface area contributed by atoms with Gasteiger partial charge in [0.1, 0.15) is 0 Å². The lowest BCUT2D eigenvalue weighted by Crippen LogP contribution is -2.50. The number of nitrogens with two attached hydrogens (primary N) is 1. The molecule has 0 saturated carbocycles. The molecule has 0 saturated heterocycles. The highest BCUT2D eigenvalue weighted by Gasteiger charge is 2.29. The van der Waals surface area contributed by atoms with Crippen LogP contribution in [0.1, 0.15) is 63.0 Å². The molecule has 144 valence electrons. The fourth-order valence-corrected chi connectivity index (χ4v) is 3.90. The van der Waals surface area contributed by atoms with Crippen LogP contribution in [0.2, 0.25) is 0 Å². The first-order chi connectivity index (χ1) is 11.8. The smallest absolute Gasteiger partial charge is 0.266 e. The highest BCUT2D eigenvalue weighted by molar-refractivity contribution is 7.85. The van der Waals surface area contributed by atoms with Gasteiger partial charge in [0.2, 0.25) is 0 Å². The molecule has 0 bridgehead atoms. The first kappa shape index (κ1) is 22.1. The van der Waals surface area contributed by atoms with Crippen molar-refractivity contribution in [2.24, 2.45) is 5.73 Å². The first-order valence-electron chi connectivity index (χ1n) is 9.21. The maximum atomic E-state index is 11.0. The first-order valence-corrected chi connectivity index (χ1v) is 10.8. The van der Waals surface area contributed by atoms with Crippen molar-refractivity contribution in [3.63, 3.8) is 0 Å². The van der Waals surface area contributed by atoms with E-state index in [-0.39, 0.29) is 0 Å². The van der Waals surface area contributed by atoms with Gasteiger partial charge in [-0.1, -0.05) is 63.3 Å². The highest BCUT2D eigenvalue weighted by atomic mass is 32.2. The van der Waals surface area contributed by atoms with E-state index >= 15 is 0 Å². The van der Waals surface area contributed by atoms with Crippen LogP contribution in [0.4, 0.5) is 0 Å². The number of hydrogen-bond donors (Lipinski definition) is 3. The Hall–Kier alpha value is -0.950. The zero-order valence-electron chi connectivity index (χ0n) is 15.3. The predicted octanol–water partition coefficient (Wildman–Crippen LogP) is 3.10. The third-order valence-corrected chi connectivity index (χ3v) is 5.48. The molecular formula is C19H33NO4S. The Morgan fingerprint density at radius 2 is 1.48 bits per heavy atom. The molecule has 4 N–H and O–H groups in total. The van der Waals surface area contributed by atoms with Gasteiger partial charge in [-0.3, -0.25) is 4.55 Å². The normalized spacial score (nSPS) is 14.4. The van der Waals surface area contributed by atoms with E-state index in [0.29, 0.717) is 12.8 Å². The molecule has 6 heteroatoms. The van der Waals surface area contributed by atoms with E-state index in [9.17, 15) is 13.5 Å². The SMILES string of the molecule is CCCCCCCCc1ccc(CCC(N)(CO)CS(=O)(=O)O)cc1. The van der Waals surface area contributed by atoms with E-state index in [1.807, 2.05) is 12.1 Å². The van der Waals surface area contributed by atoms with Crippen molar-refractivity contribution in [2.75, 3.05) is 12.4 Å². The van der Waals surface area contributed by atoms with Gasteiger partial charge in [0.05, 0.1) is 17.9 Å². The van der Waals surface area contributed by atoms with Crippen molar-refractivity contribution in [1.82, 2.24) is 0 Å². The lowest BCUT2D eigenvalue weighted by molar-refractivity contribution is 0.200. The third kappa shape index (κ3) is 9.94. The molecule has 0 aliphatic carbocycles. The molecule has 0 aliphatic heterocycles. The second kappa shape index (κ2) is 10.9. The zero-order valence-corrected chi connectivity index (χ0v) is 16.1. The Bertz CT molecular complexity index is 586. The van der Waals surface area contributed by atoms with Gasteiger partial charge < -0.3 is 10.8 Å². The number of rotatable bonds is 13. The van der Waals surface area contributed by atoms with E-state index in [4.69, 9.17) is 10.3 Å². The summed E-state index contributed by atoms with van der Waals surface area (Å²) in [5.41, 5.74) is 6.92. The molecule has 0 heterocycles. The summed E-state index contributed by atoms with van der Waals surface area (Å²) in [6, 6.07) is 8.25. The van der Waals surface area contributed by atoms with Gasteiger partial charge >= 0.3 is 0 Å². The Morgan fingerprint density at radius 1 is 0.960 bits per heavy atom. The Balaban J connectivity index is 2.40. The number of benzene rings is 1. The van der Waals surface area contributed by atoms with Crippen LogP contribution in [0.25, 0.3) is 0 Å². The fraction of sp³-hybridized carbons (Fsp3) is 0.684. The molecule has 1 rings (SSSR count). The van der Waals surface area contributed by atoms with Gasteiger partial charge in [0.25, 0.3) is 10.1 Å². The number of aliphatic hydroxyl groups is 1. The Labute approximate surface area is 152 Å². The average Bonchev–Trinajstić information content (AvgIpc) is 2.56. The molecule has 0 radical (unpaired) electrons. The van der Waals surface area contributed by atoms with Gasteiger partial charge in [-0.2, -0.15) is 8.42 Å². The van der Waals surface area contributed by atoms with Crippen LogP contribution in [-0.2, 0) is 23.0 Å². The summed E-state index contributed by atoms with van der Waals surface area (Å²) in [7, 11) is -4.21. The molecule has 1 aromatic carbocycles. The van der Waals surface area contributed by atoms with Crippen LogP contribution >= 0.6 is 0 Å². The standard InChI is InChI=1S/C19H33NO4S/c1-2-3-4-5-6-7-8-17-9-11-18(12-10-17)13-14-19(20,15-21)16-25(22,23)24/h9-12,21H,2-8,13-16,20H2,1H3,(H,22,23,24). The third-order valence-electron chi connectivity index (χ3n) is 4.54. The van der Waals surface area contributed by atoms with Gasteiger partial charge in [-0.05, 0) is 36.8 Å². The van der Waals surface area contributed by atoms with E-state index in [1.54, 1.807) is 0 Å². The molecule has 0 fully saturated rings. The molecule has 25 heavy (non-hydrogen) atoms. The van der Waals surface area contributed by atoms with Crippen LogP contribution in [-0.4, -0.2) is 36.0 Å². The summed E-state index contributed by atoms with van der Waals surface area (Å²) in [5.74, 6) is -0.632. The van der Waals surface area contributed by atoms with Gasteiger partial charge in [-0.15, -0.1) is 0 Å². The molecule has 0 amide bonds. The van der Waals surface area contributed by atoms with E-state index in [2.05, 4.69) is 19.1 Å². The van der Waals surface area contributed by atoms with Gasteiger partial charge in [-0.25, -0.2) is 0 Å². The topological polar surface area (TPSA) is 101 Å². The molecular weight excluding hydrogens is 338 g/mol. The quantitative estimate of drug-likeness (QED) is 0.365. The Morgan fingerprint density at radius 3 is 2.00 bits per heavy atom. The fourth-order valence-electron chi connectivity index (χ4n) is 2.94. The van der Waals surface area contributed by atoms with Crippen molar-refractivity contribution in [3.05, 3.63) is 35.4 Å². The van der Waals surface area contributed by atoms with Crippen molar-refractivity contribution >= 4 is 10.1 Å². The molecule has 5 nitrogen and oxygen atoms in total. The molecule has 1 unspecified atom stereocenters. The maximum absolute atomic E-state index is 11.0. The van der Waals surface area contributed by atoms with Gasteiger partial charge in [0, 0.05) is 0 Å². The lowest BCUT2D eigenvalue weighted by atomic mass is 9.94. The average molecular weight is 372 g/mol. The minimum atomic E-state index is -4.21. The number of aliphatic hydroxyl groups excluding tert-OH is 1. The second-order valence-corrected chi connectivity index (χ2v) is 8.53. The van der Waals surface area contributed by atoms with E-state index in [1.165, 1.54) is 44.1 Å². The number of aryl methyl sites for hydroxylation is 2. The van der Waals surface area contributed by atoms with Crippen molar-refractivity contribution < 1.29 is 18.1 Å². The summed E-state index contributed by atoms with van der Waals surface area (Å²) in [5, 5.41) is 9.34. The summed E-state index contributed by atoms with van der Waals surface area (Å²) in [6.45, 7) is 1.74. The summed E-state index contributed by atoms with van der Waals surface area (Å²) in [6.07, 6.45) is 9.62. The molecule has 1 atom stereocenters. The summed E-state index contributed by atoms with van der Waals surface area (Å²) >= 11 is 0. The zero-order chi connectivity index (χ0) is 18.8. The van der Waals surface area contributed by atoms with E-state index in [0.717, 1.165) is 12.0 Å². The lowest BCUT2D eigenvalue weighted by Gasteiger charge is -2.25. The van der Waals surface area contributed by atoms with Crippen LogP contribution in [0.5, 0.6) is 0 Å². The monoisotopic (exact) mass is 371 g/mol. The molecule has 0 aromatic heterocycles. The minimum Gasteiger partial charge on any atom is -0.394 e. The summed E-state index contributed by atoms with van der Waals surface area (Å²) in [4.78, 5) is 0. The molecule has 0 spiro atoms. The highest BCUT2D eigenvalue weighted by Crippen LogP contribution is 2.16. The number of unbranched alkanes of at least 4 members (excludes halogenated alkanes) is 5. The van der Waals surface area contributed by atoms with Crippen molar-refractivity contribution in [2.45, 2.75) is 70.3 Å².